The normalized spacial score (nSPS) is 10.6. The van der Waals surface area contributed by atoms with Gasteiger partial charge >= 0.3 is 0 Å². The molecule has 0 saturated heterocycles. The lowest BCUT2D eigenvalue weighted by Gasteiger charge is -2.22. The number of hydrogen-bond donors (Lipinski definition) is 0. The van der Waals surface area contributed by atoms with E-state index in [0.717, 1.165) is 23.2 Å². The molecule has 192 valence electrons. The van der Waals surface area contributed by atoms with E-state index in [1.807, 2.05) is 26.2 Å². The zero-order valence-corrected chi connectivity index (χ0v) is 22.7. The fourth-order valence-corrected chi connectivity index (χ4v) is 4.55. The smallest absolute Gasteiger partial charge is 0.260 e. The van der Waals surface area contributed by atoms with Gasteiger partial charge in [0.25, 0.3) is 5.91 Å². The lowest BCUT2D eigenvalue weighted by atomic mass is 10.1. The van der Waals surface area contributed by atoms with Gasteiger partial charge in [-0.3, -0.25) is 9.69 Å². The minimum absolute atomic E-state index is 0. The molecule has 0 aliphatic heterocycles. The predicted molar refractivity (Wildman–Crippen MR) is 141 cm³/mol. The summed E-state index contributed by atoms with van der Waals surface area (Å²) in [6, 6.07) is 7.00. The van der Waals surface area contributed by atoms with Crippen LogP contribution in [-0.4, -0.2) is 78.5 Å². The van der Waals surface area contributed by atoms with Crippen molar-refractivity contribution >= 4 is 45.0 Å². The third-order valence-electron chi connectivity index (χ3n) is 5.26. The Morgan fingerprint density at radius 3 is 1.91 bits per heavy atom. The van der Waals surface area contributed by atoms with E-state index in [0.29, 0.717) is 46.0 Å². The largest absolute Gasteiger partial charge is 0.493 e. The molecule has 35 heavy (non-hydrogen) atoms. The van der Waals surface area contributed by atoms with Crippen LogP contribution in [-0.2, 0) is 0 Å². The van der Waals surface area contributed by atoms with Crippen molar-refractivity contribution in [2.45, 2.75) is 6.42 Å². The van der Waals surface area contributed by atoms with E-state index in [9.17, 15) is 4.79 Å². The summed E-state index contributed by atoms with van der Waals surface area (Å²) >= 11 is 1.42. The summed E-state index contributed by atoms with van der Waals surface area (Å²) < 4.78 is 28.0. The molecule has 0 N–H and O–H groups in total. The molecule has 2 aromatic carbocycles. The van der Waals surface area contributed by atoms with Crippen LogP contribution in [0.3, 0.4) is 0 Å². The first-order valence-corrected chi connectivity index (χ1v) is 11.5. The number of halogens is 1. The molecule has 0 atom stereocenters. The number of fused-ring (bicyclic) bond motifs is 1. The van der Waals surface area contributed by atoms with Crippen LogP contribution < -0.4 is 28.6 Å². The van der Waals surface area contributed by atoms with Crippen LogP contribution in [0.15, 0.2) is 24.3 Å². The second kappa shape index (κ2) is 12.7. The standard InChI is InChI=1S/C24H31N3O6S.ClH/c1-26(2)9-8-10-27(23(28)15-11-19(31-5)22(33-7)20(12-15)32-6)24-25-16-13-17(29-3)18(30-4)14-21(16)34-24;/h11-14H,8-10H2,1-7H3;1H. The van der Waals surface area contributed by atoms with Crippen molar-refractivity contribution in [2.75, 3.05) is 67.6 Å². The van der Waals surface area contributed by atoms with E-state index in [4.69, 9.17) is 28.7 Å². The third kappa shape index (κ3) is 6.19. The number of amides is 1. The highest BCUT2D eigenvalue weighted by Gasteiger charge is 2.25. The molecule has 11 heteroatoms. The topological polar surface area (TPSA) is 82.6 Å². The molecule has 0 aliphatic carbocycles. The number of nitrogens with zero attached hydrogens (tertiary/aromatic N) is 3. The van der Waals surface area contributed by atoms with Crippen LogP contribution in [0.4, 0.5) is 5.13 Å². The predicted octanol–water partition coefficient (Wildman–Crippen LogP) is 4.36. The molecule has 0 bridgehead atoms. The van der Waals surface area contributed by atoms with Crippen LogP contribution in [0, 0.1) is 0 Å². The van der Waals surface area contributed by atoms with E-state index >= 15 is 0 Å². The molecule has 0 saturated carbocycles. The van der Waals surface area contributed by atoms with Crippen molar-refractivity contribution in [1.82, 2.24) is 9.88 Å². The number of aromatic nitrogens is 1. The van der Waals surface area contributed by atoms with E-state index in [2.05, 4.69) is 4.90 Å². The number of benzene rings is 2. The lowest BCUT2D eigenvalue weighted by molar-refractivity contribution is 0.0985. The molecule has 3 rings (SSSR count). The number of hydrogen-bond acceptors (Lipinski definition) is 9. The molecule has 9 nitrogen and oxygen atoms in total. The Balaban J connectivity index is 0.00000432. The summed E-state index contributed by atoms with van der Waals surface area (Å²) in [5, 5.41) is 0.586. The van der Waals surface area contributed by atoms with Crippen LogP contribution >= 0.6 is 23.7 Å². The number of rotatable bonds is 11. The molecule has 1 amide bonds. The Hall–Kier alpha value is -2.95. The van der Waals surface area contributed by atoms with Crippen molar-refractivity contribution < 1.29 is 28.5 Å². The van der Waals surface area contributed by atoms with E-state index in [1.165, 1.54) is 32.7 Å². The number of methoxy groups -OCH3 is 5. The third-order valence-corrected chi connectivity index (χ3v) is 6.30. The summed E-state index contributed by atoms with van der Waals surface area (Å²) in [6.45, 7) is 1.31. The average Bonchev–Trinajstić information content (AvgIpc) is 3.26. The van der Waals surface area contributed by atoms with Crippen molar-refractivity contribution in [3.05, 3.63) is 29.8 Å². The van der Waals surface area contributed by atoms with Crippen molar-refractivity contribution in [3.8, 4) is 28.7 Å². The maximum Gasteiger partial charge on any atom is 0.260 e. The number of carbonyl (C=O) groups excluding carboxylic acids is 1. The minimum atomic E-state index is -0.212. The van der Waals surface area contributed by atoms with Gasteiger partial charge in [0.15, 0.2) is 28.1 Å². The molecule has 1 aromatic heterocycles. The van der Waals surface area contributed by atoms with Gasteiger partial charge in [-0.2, -0.15) is 0 Å². The molecule has 1 heterocycles. The molecule has 0 fully saturated rings. The average molecular weight is 526 g/mol. The molecule has 0 aliphatic rings. The van der Waals surface area contributed by atoms with E-state index in [1.54, 1.807) is 31.3 Å². The Morgan fingerprint density at radius 2 is 1.40 bits per heavy atom. The maximum absolute atomic E-state index is 13.8. The molecular formula is C24H32ClN3O6S. The Labute approximate surface area is 215 Å². The summed E-state index contributed by atoms with van der Waals surface area (Å²) in [4.78, 5) is 22.3. The summed E-state index contributed by atoms with van der Waals surface area (Å²) in [5.74, 6) is 2.24. The zero-order chi connectivity index (χ0) is 24.8. The van der Waals surface area contributed by atoms with Crippen LogP contribution in [0.1, 0.15) is 16.8 Å². The van der Waals surface area contributed by atoms with Gasteiger partial charge in [-0.25, -0.2) is 4.98 Å². The Kier molecular flexibility index (Phi) is 10.2. The number of carbonyl (C=O) groups is 1. The van der Waals surface area contributed by atoms with Gasteiger partial charge in [-0.1, -0.05) is 11.3 Å². The van der Waals surface area contributed by atoms with Crippen molar-refractivity contribution in [3.63, 3.8) is 0 Å². The first-order valence-electron chi connectivity index (χ1n) is 10.7. The molecule has 0 spiro atoms. The Bertz CT molecular complexity index is 1090. The first kappa shape index (κ1) is 28.3. The van der Waals surface area contributed by atoms with E-state index in [-0.39, 0.29) is 18.3 Å². The van der Waals surface area contributed by atoms with Gasteiger partial charge in [0.1, 0.15) is 0 Å². The summed E-state index contributed by atoms with van der Waals surface area (Å²) in [7, 11) is 11.7. The second-order valence-electron chi connectivity index (χ2n) is 7.70. The molecular weight excluding hydrogens is 494 g/mol. The van der Waals surface area contributed by atoms with Crippen molar-refractivity contribution in [1.29, 1.82) is 0 Å². The summed E-state index contributed by atoms with van der Waals surface area (Å²) in [5.41, 5.74) is 1.14. The summed E-state index contributed by atoms with van der Waals surface area (Å²) in [6.07, 6.45) is 0.770. The van der Waals surface area contributed by atoms with E-state index < -0.39 is 0 Å². The Morgan fingerprint density at radius 1 is 0.829 bits per heavy atom. The van der Waals surface area contributed by atoms with Gasteiger partial charge in [-0.15, -0.1) is 12.4 Å². The molecule has 3 aromatic rings. The highest BCUT2D eigenvalue weighted by atomic mass is 35.5. The van der Waals surface area contributed by atoms with Crippen molar-refractivity contribution in [2.24, 2.45) is 0 Å². The highest BCUT2D eigenvalue weighted by Crippen LogP contribution is 2.40. The minimum Gasteiger partial charge on any atom is -0.493 e. The lowest BCUT2D eigenvalue weighted by Crippen LogP contribution is -2.33. The fourth-order valence-electron chi connectivity index (χ4n) is 3.55. The first-order chi connectivity index (χ1) is 16.4. The quantitative estimate of drug-likeness (QED) is 0.365. The number of thiazole rings is 1. The van der Waals surface area contributed by atoms with Gasteiger partial charge in [0, 0.05) is 24.2 Å². The van der Waals surface area contributed by atoms with Crippen LogP contribution in [0.2, 0.25) is 0 Å². The fraction of sp³-hybridized carbons (Fsp3) is 0.417. The van der Waals surface area contributed by atoms with Crippen LogP contribution in [0.25, 0.3) is 10.2 Å². The molecule has 0 unspecified atom stereocenters. The number of ether oxygens (including phenoxy) is 5. The van der Waals surface area contributed by atoms with Gasteiger partial charge in [0.2, 0.25) is 5.75 Å². The highest BCUT2D eigenvalue weighted by molar-refractivity contribution is 7.22. The number of anilines is 1. The monoisotopic (exact) mass is 525 g/mol. The SMILES string of the molecule is COc1cc2nc(N(CCCN(C)C)C(=O)c3cc(OC)c(OC)c(OC)c3)sc2cc1OC.Cl. The maximum atomic E-state index is 13.8. The molecule has 0 radical (unpaired) electrons. The van der Waals surface area contributed by atoms with Crippen LogP contribution in [0.5, 0.6) is 28.7 Å². The van der Waals surface area contributed by atoms with Gasteiger partial charge in [0.05, 0.1) is 45.8 Å². The second-order valence-corrected chi connectivity index (χ2v) is 8.71. The van der Waals surface area contributed by atoms with Gasteiger partial charge < -0.3 is 28.6 Å². The zero-order valence-electron chi connectivity index (χ0n) is 21.0. The van der Waals surface area contributed by atoms with Gasteiger partial charge in [-0.05, 0) is 39.2 Å².